The zero-order valence-corrected chi connectivity index (χ0v) is 21.8. The Morgan fingerprint density at radius 1 is 0.919 bits per heavy atom. The standard InChI is InChI=1S/C29H30N4O4/c1-16-11-12-20(17(2)13-16)31-28(34)26-18(3)30-29-32-21-9-7-8-10-22(21)33(29)27(26)19-14-24(36-5)25(37-6)15-23(19)35-4/h7-15,27H,1-6H3,(H,30,32)(H,31,34)/t27-/m1/s1. The first-order chi connectivity index (χ1) is 17.9. The fourth-order valence-corrected chi connectivity index (χ4v) is 4.96. The average molecular weight is 499 g/mol. The zero-order chi connectivity index (χ0) is 26.3. The number of anilines is 2. The van der Waals surface area contributed by atoms with Crippen molar-refractivity contribution in [2.24, 2.45) is 0 Å². The molecule has 3 aromatic carbocycles. The van der Waals surface area contributed by atoms with Crippen LogP contribution in [-0.4, -0.2) is 36.8 Å². The summed E-state index contributed by atoms with van der Waals surface area (Å²) in [5.74, 6) is 2.06. The fourth-order valence-electron chi connectivity index (χ4n) is 4.96. The van der Waals surface area contributed by atoms with Crippen molar-refractivity contribution in [3.05, 3.63) is 82.6 Å². The molecule has 0 fully saturated rings. The lowest BCUT2D eigenvalue weighted by molar-refractivity contribution is -0.113. The van der Waals surface area contributed by atoms with Crippen molar-refractivity contribution < 1.29 is 19.0 Å². The third-order valence-electron chi connectivity index (χ3n) is 6.74. The van der Waals surface area contributed by atoms with Crippen molar-refractivity contribution in [2.75, 3.05) is 32.0 Å². The Balaban J connectivity index is 1.73. The number of amides is 1. The van der Waals surface area contributed by atoms with Gasteiger partial charge in [-0.05, 0) is 50.6 Å². The van der Waals surface area contributed by atoms with Gasteiger partial charge in [0.05, 0.1) is 44.0 Å². The number of hydrogen-bond acceptors (Lipinski definition) is 6. The summed E-state index contributed by atoms with van der Waals surface area (Å²) in [4.78, 5) is 18.8. The van der Waals surface area contributed by atoms with Gasteiger partial charge in [0.2, 0.25) is 5.95 Å². The Hall–Kier alpha value is -4.46. The molecule has 8 heteroatoms. The van der Waals surface area contributed by atoms with Crippen LogP contribution in [0.4, 0.5) is 11.6 Å². The summed E-state index contributed by atoms with van der Waals surface area (Å²) in [6.45, 7) is 5.90. The minimum atomic E-state index is -0.552. The topological polar surface area (TPSA) is 86.6 Å². The van der Waals surface area contributed by atoms with Gasteiger partial charge < -0.3 is 24.8 Å². The van der Waals surface area contributed by atoms with E-state index in [9.17, 15) is 4.79 Å². The molecule has 190 valence electrons. The normalized spacial score (nSPS) is 14.7. The van der Waals surface area contributed by atoms with Crippen molar-refractivity contribution in [1.82, 2.24) is 9.55 Å². The number of hydrogen-bond donors (Lipinski definition) is 2. The number of imidazole rings is 1. The molecule has 2 N–H and O–H groups in total. The summed E-state index contributed by atoms with van der Waals surface area (Å²) in [7, 11) is 4.77. The van der Waals surface area contributed by atoms with E-state index in [4.69, 9.17) is 19.2 Å². The highest BCUT2D eigenvalue weighted by atomic mass is 16.5. The molecule has 0 radical (unpaired) electrons. The van der Waals surface area contributed by atoms with Gasteiger partial charge in [-0.2, -0.15) is 0 Å². The van der Waals surface area contributed by atoms with Gasteiger partial charge >= 0.3 is 0 Å². The summed E-state index contributed by atoms with van der Waals surface area (Å²) in [5.41, 5.74) is 6.57. The highest BCUT2D eigenvalue weighted by molar-refractivity contribution is 6.07. The van der Waals surface area contributed by atoms with Crippen LogP contribution >= 0.6 is 0 Å². The van der Waals surface area contributed by atoms with E-state index in [-0.39, 0.29) is 5.91 Å². The smallest absolute Gasteiger partial charge is 0.255 e. The molecule has 0 saturated carbocycles. The maximum Gasteiger partial charge on any atom is 0.255 e. The third-order valence-corrected chi connectivity index (χ3v) is 6.74. The van der Waals surface area contributed by atoms with Gasteiger partial charge in [0, 0.05) is 23.0 Å². The van der Waals surface area contributed by atoms with Crippen LogP contribution < -0.4 is 24.8 Å². The number of aryl methyl sites for hydroxylation is 2. The van der Waals surface area contributed by atoms with Crippen LogP contribution in [0, 0.1) is 13.8 Å². The molecule has 5 rings (SSSR count). The van der Waals surface area contributed by atoms with Crippen LogP contribution in [0.25, 0.3) is 11.0 Å². The van der Waals surface area contributed by atoms with Gasteiger partial charge in [-0.25, -0.2) is 4.98 Å². The monoisotopic (exact) mass is 498 g/mol. The number of aromatic nitrogens is 2. The molecule has 2 heterocycles. The number of para-hydroxylation sites is 2. The molecule has 0 bridgehead atoms. The van der Waals surface area contributed by atoms with E-state index in [1.807, 2.05) is 73.9 Å². The first kappa shape index (κ1) is 24.2. The Bertz CT molecular complexity index is 1550. The van der Waals surface area contributed by atoms with Crippen molar-refractivity contribution >= 4 is 28.6 Å². The number of rotatable bonds is 6. The molecule has 1 atom stereocenters. The van der Waals surface area contributed by atoms with Crippen LogP contribution in [0.1, 0.15) is 29.7 Å². The van der Waals surface area contributed by atoms with Gasteiger partial charge in [-0.3, -0.25) is 9.36 Å². The largest absolute Gasteiger partial charge is 0.496 e. The van der Waals surface area contributed by atoms with E-state index in [1.54, 1.807) is 27.4 Å². The van der Waals surface area contributed by atoms with Crippen LogP contribution in [0.5, 0.6) is 17.2 Å². The molecule has 1 aromatic heterocycles. The number of benzene rings is 3. The Kier molecular flexibility index (Phi) is 6.25. The molecule has 0 saturated heterocycles. The van der Waals surface area contributed by atoms with Gasteiger partial charge in [-0.15, -0.1) is 0 Å². The molecule has 0 spiro atoms. The van der Waals surface area contributed by atoms with E-state index in [2.05, 4.69) is 10.6 Å². The number of nitrogens with one attached hydrogen (secondary N) is 2. The third kappa shape index (κ3) is 4.14. The van der Waals surface area contributed by atoms with E-state index in [0.29, 0.717) is 34.5 Å². The lowest BCUT2D eigenvalue weighted by Gasteiger charge is -2.32. The van der Waals surface area contributed by atoms with Gasteiger partial charge in [-0.1, -0.05) is 29.8 Å². The molecule has 0 unspecified atom stereocenters. The summed E-state index contributed by atoms with van der Waals surface area (Å²) in [6.07, 6.45) is 0. The van der Waals surface area contributed by atoms with Crippen LogP contribution in [0.3, 0.4) is 0 Å². The van der Waals surface area contributed by atoms with Gasteiger partial charge in [0.25, 0.3) is 5.91 Å². The molecule has 1 aliphatic rings. The van der Waals surface area contributed by atoms with Gasteiger partial charge in [0.15, 0.2) is 11.5 Å². The average Bonchev–Trinajstić information content (AvgIpc) is 3.26. The highest BCUT2D eigenvalue weighted by Crippen LogP contribution is 2.46. The summed E-state index contributed by atoms with van der Waals surface area (Å²) < 4.78 is 19.0. The predicted molar refractivity (Wildman–Crippen MR) is 145 cm³/mol. The maximum atomic E-state index is 14.0. The Labute approximate surface area is 215 Å². The van der Waals surface area contributed by atoms with Crippen LogP contribution in [-0.2, 0) is 4.79 Å². The number of nitrogens with zero attached hydrogens (tertiary/aromatic N) is 2. The van der Waals surface area contributed by atoms with Crippen molar-refractivity contribution in [3.63, 3.8) is 0 Å². The van der Waals surface area contributed by atoms with Crippen molar-refractivity contribution in [3.8, 4) is 17.2 Å². The van der Waals surface area contributed by atoms with Crippen molar-refractivity contribution in [2.45, 2.75) is 26.8 Å². The number of methoxy groups -OCH3 is 3. The first-order valence-corrected chi connectivity index (χ1v) is 12.0. The second-order valence-electron chi connectivity index (χ2n) is 9.08. The lowest BCUT2D eigenvalue weighted by atomic mass is 9.93. The number of fused-ring (bicyclic) bond motifs is 3. The predicted octanol–water partition coefficient (Wildman–Crippen LogP) is 5.61. The lowest BCUT2D eigenvalue weighted by Crippen LogP contribution is -2.31. The molecule has 0 aliphatic carbocycles. The fraction of sp³-hybridized carbons (Fsp3) is 0.241. The number of ether oxygens (including phenoxy) is 3. The molecule has 1 aliphatic heterocycles. The van der Waals surface area contributed by atoms with Gasteiger partial charge in [0.1, 0.15) is 5.75 Å². The Morgan fingerprint density at radius 3 is 2.32 bits per heavy atom. The SMILES string of the molecule is COc1cc(OC)c([C@@H]2C(C(=O)Nc3ccc(C)cc3C)=C(C)Nc3nc4ccccc4n32)cc1OC. The number of carbonyl (C=O) groups excluding carboxylic acids is 1. The molecule has 4 aromatic rings. The number of carbonyl (C=O) groups is 1. The second-order valence-corrected chi connectivity index (χ2v) is 9.08. The summed E-state index contributed by atoms with van der Waals surface area (Å²) >= 11 is 0. The van der Waals surface area contributed by atoms with E-state index >= 15 is 0 Å². The summed E-state index contributed by atoms with van der Waals surface area (Å²) in [5, 5.41) is 6.48. The first-order valence-electron chi connectivity index (χ1n) is 12.0. The molecule has 1 amide bonds. The molecular weight excluding hydrogens is 468 g/mol. The summed E-state index contributed by atoms with van der Waals surface area (Å²) in [6, 6.07) is 16.9. The zero-order valence-electron chi connectivity index (χ0n) is 21.8. The van der Waals surface area contributed by atoms with E-state index in [0.717, 1.165) is 33.4 Å². The van der Waals surface area contributed by atoms with E-state index in [1.165, 1.54) is 0 Å². The maximum absolute atomic E-state index is 14.0. The highest BCUT2D eigenvalue weighted by Gasteiger charge is 2.36. The quantitative estimate of drug-likeness (QED) is 0.360. The molecular formula is C29H30N4O4. The minimum absolute atomic E-state index is 0.220. The van der Waals surface area contributed by atoms with Crippen LogP contribution in [0.2, 0.25) is 0 Å². The molecule has 8 nitrogen and oxygen atoms in total. The van der Waals surface area contributed by atoms with Crippen molar-refractivity contribution in [1.29, 1.82) is 0 Å². The second kappa shape index (κ2) is 9.54. The minimum Gasteiger partial charge on any atom is -0.496 e. The number of allylic oxidation sites excluding steroid dienone is 1. The van der Waals surface area contributed by atoms with Crippen LogP contribution in [0.15, 0.2) is 65.9 Å². The Morgan fingerprint density at radius 2 is 1.62 bits per heavy atom. The molecule has 37 heavy (non-hydrogen) atoms. The van der Waals surface area contributed by atoms with E-state index < -0.39 is 6.04 Å².